The lowest BCUT2D eigenvalue weighted by molar-refractivity contribution is 0.557. The molecule has 3 aromatic heterocycles. The number of thiophene rings is 2. The number of hydrogen-bond donors (Lipinski definition) is 0. The molecule has 3 aromatic carbocycles. The average Bonchev–Trinajstić information content (AvgIpc) is 3.68. The number of hydrogen-bond acceptors (Lipinski definition) is 7. The summed E-state index contributed by atoms with van der Waals surface area (Å²) < 4.78 is 21.7. The second-order valence-corrected chi connectivity index (χ2v) is 23.5. The van der Waals surface area contributed by atoms with Crippen molar-refractivity contribution in [3.05, 3.63) is 84.9 Å². The quantitative estimate of drug-likeness (QED) is 0.157. The van der Waals surface area contributed by atoms with E-state index in [1.54, 1.807) is 22.7 Å². The first-order chi connectivity index (χ1) is 19.5. The van der Waals surface area contributed by atoms with E-state index in [9.17, 15) is 0 Å². The summed E-state index contributed by atoms with van der Waals surface area (Å²) in [6, 6.07) is 30.1. The standard InChI is InChI=1S/C32H32N2O2S3Si2/c1-40(2,3)35-23-11-7-21(8-12-23)27-17-19-29(37-27)25-15-16-26(32-31(25)33-39-34-32)30-20-18-28(38-30)22-9-13-24(14-10-22)36-41(4,5)6/h7-20H,1-6H3/q-1. The van der Waals surface area contributed by atoms with E-state index in [4.69, 9.17) is 17.6 Å². The molecule has 0 aliphatic heterocycles. The van der Waals surface area contributed by atoms with Crippen molar-refractivity contribution >= 4 is 62.1 Å². The normalized spacial score (nSPS) is 12.1. The van der Waals surface area contributed by atoms with Gasteiger partial charge in [-0.15, -0.1) is 42.3 Å². The minimum Gasteiger partial charge on any atom is -0.689 e. The highest BCUT2D eigenvalue weighted by atomic mass is 32.1. The van der Waals surface area contributed by atoms with Gasteiger partial charge in [-0.25, -0.2) is 0 Å². The molecule has 0 bridgehead atoms. The van der Waals surface area contributed by atoms with Crippen molar-refractivity contribution in [1.29, 1.82) is 0 Å². The Bertz CT molecular complexity index is 1680. The van der Waals surface area contributed by atoms with Crippen LogP contribution in [0.5, 0.6) is 11.5 Å². The maximum atomic E-state index is 6.13. The minimum atomic E-state index is -1.62. The Morgan fingerprint density at radius 1 is 0.561 bits per heavy atom. The molecule has 0 aliphatic rings. The van der Waals surface area contributed by atoms with Crippen molar-refractivity contribution in [3.8, 4) is 53.3 Å². The molecule has 6 aromatic rings. The summed E-state index contributed by atoms with van der Waals surface area (Å²) in [5, 5.41) is 0. The smallest absolute Gasteiger partial charge is 0.242 e. The predicted octanol–water partition coefficient (Wildman–Crippen LogP) is 10.9. The molecule has 0 radical (unpaired) electrons. The summed E-state index contributed by atoms with van der Waals surface area (Å²) >= 11 is 4.84. The van der Waals surface area contributed by atoms with E-state index < -0.39 is 16.6 Å². The van der Waals surface area contributed by atoms with Gasteiger partial charge in [-0.05, 0) is 91.4 Å². The van der Waals surface area contributed by atoms with E-state index >= 15 is 0 Å². The Morgan fingerprint density at radius 3 is 1.44 bits per heavy atom. The number of nitrogens with zero attached hydrogens (tertiary/aromatic N) is 2. The van der Waals surface area contributed by atoms with Crippen LogP contribution in [0, 0.1) is 0 Å². The lowest BCUT2D eigenvalue weighted by Gasteiger charge is -2.32. The molecule has 0 N–H and O–H groups in total. The summed E-state index contributed by atoms with van der Waals surface area (Å²) in [4.78, 5) is 4.84. The second-order valence-electron chi connectivity index (χ2n) is 11.9. The predicted molar refractivity (Wildman–Crippen MR) is 183 cm³/mol. The maximum Gasteiger partial charge on any atom is 0.242 e. The topological polar surface area (TPSA) is 44.2 Å². The van der Waals surface area contributed by atoms with Gasteiger partial charge in [0.1, 0.15) is 16.8 Å². The van der Waals surface area contributed by atoms with E-state index in [0.717, 1.165) is 33.7 Å². The van der Waals surface area contributed by atoms with Gasteiger partial charge in [0.2, 0.25) is 8.32 Å². The molecule has 0 saturated carbocycles. The van der Waals surface area contributed by atoms with Gasteiger partial charge >= 0.3 is 0 Å². The largest absolute Gasteiger partial charge is 0.689 e. The van der Waals surface area contributed by atoms with Crippen molar-refractivity contribution < 1.29 is 8.85 Å². The lowest BCUT2D eigenvalue weighted by atomic mass is 10.1. The molecule has 0 saturated heterocycles. The van der Waals surface area contributed by atoms with E-state index in [2.05, 4.69) is 124 Å². The van der Waals surface area contributed by atoms with Gasteiger partial charge in [0.25, 0.3) is 0 Å². The average molecular weight is 629 g/mol. The van der Waals surface area contributed by atoms with E-state index in [1.165, 1.54) is 42.4 Å². The molecular weight excluding hydrogens is 597 g/mol. The van der Waals surface area contributed by atoms with Crippen LogP contribution < -0.4 is 8.85 Å². The Balaban J connectivity index is 1.26. The molecule has 0 unspecified atom stereocenters. The van der Waals surface area contributed by atoms with Gasteiger partial charge in [-0.3, -0.25) is 0 Å². The van der Waals surface area contributed by atoms with Crippen LogP contribution in [0.4, 0.5) is 0 Å². The first kappa shape index (κ1) is 28.1. The fraction of sp³-hybridized carbons (Fsp3) is 0.188. The number of fused-ring (bicyclic) bond motifs is 1. The molecule has 3 heterocycles. The highest BCUT2D eigenvalue weighted by Crippen LogP contribution is 2.42. The molecule has 0 aliphatic carbocycles. The number of aromatic nitrogens is 2. The van der Waals surface area contributed by atoms with Gasteiger partial charge in [0, 0.05) is 39.0 Å². The van der Waals surface area contributed by atoms with Crippen molar-refractivity contribution in [2.45, 2.75) is 39.3 Å². The summed E-state index contributed by atoms with van der Waals surface area (Å²) in [7, 11) is -3.24. The molecule has 41 heavy (non-hydrogen) atoms. The Kier molecular flexibility index (Phi) is 7.50. The van der Waals surface area contributed by atoms with Crippen LogP contribution in [0.1, 0.15) is 0 Å². The molecule has 0 atom stereocenters. The third kappa shape index (κ3) is 6.39. The van der Waals surface area contributed by atoms with Gasteiger partial charge in [-0.1, -0.05) is 24.3 Å². The van der Waals surface area contributed by atoms with Gasteiger partial charge < -0.3 is 8.85 Å². The molecular formula is C32H32N2O2S3Si2-. The van der Waals surface area contributed by atoms with Crippen LogP contribution >= 0.6 is 34.4 Å². The summed E-state index contributed by atoms with van der Waals surface area (Å²) in [5.41, 5.74) is 6.56. The molecule has 6 rings (SSSR count). The first-order valence-corrected chi connectivity index (χ1v) is 22.7. The third-order valence-corrected chi connectivity index (χ3v) is 10.8. The molecule has 0 fully saturated rings. The molecule has 0 amide bonds. The fourth-order valence-electron chi connectivity index (χ4n) is 4.62. The SMILES string of the molecule is C[Si](C)(C)Oc1ccc(-c2ccc(-c3ccc(-c4ccc(-c5ccc(O[Si-](C)(C)C)cc5)s4)c4nsnc34)s2)cc1. The monoisotopic (exact) mass is 628 g/mol. The zero-order chi connectivity index (χ0) is 28.8. The van der Waals surface area contributed by atoms with Crippen LogP contribution in [0.2, 0.25) is 39.3 Å². The molecule has 4 nitrogen and oxygen atoms in total. The first-order valence-electron chi connectivity index (χ1n) is 13.6. The van der Waals surface area contributed by atoms with Crippen LogP contribution in [0.15, 0.2) is 84.9 Å². The lowest BCUT2D eigenvalue weighted by Crippen LogP contribution is -2.29. The van der Waals surface area contributed by atoms with Crippen molar-refractivity contribution in [1.82, 2.24) is 8.75 Å². The maximum absolute atomic E-state index is 6.13. The van der Waals surface area contributed by atoms with Crippen molar-refractivity contribution in [3.63, 3.8) is 0 Å². The van der Waals surface area contributed by atoms with Crippen molar-refractivity contribution in [2.75, 3.05) is 0 Å². The molecule has 9 heteroatoms. The van der Waals surface area contributed by atoms with Crippen LogP contribution in [0.3, 0.4) is 0 Å². The van der Waals surface area contributed by atoms with E-state index in [1.807, 2.05) is 0 Å². The van der Waals surface area contributed by atoms with Crippen LogP contribution in [-0.2, 0) is 0 Å². The molecule has 0 spiro atoms. The van der Waals surface area contributed by atoms with Crippen molar-refractivity contribution in [2.24, 2.45) is 0 Å². The minimum absolute atomic E-state index is 0.945. The third-order valence-electron chi connectivity index (χ3n) is 6.28. The zero-order valence-electron chi connectivity index (χ0n) is 24.0. The summed E-state index contributed by atoms with van der Waals surface area (Å²) in [5.74, 6) is 1.89. The summed E-state index contributed by atoms with van der Waals surface area (Å²) in [6.45, 7) is 13.2. The van der Waals surface area contributed by atoms with Gasteiger partial charge in [0.15, 0.2) is 0 Å². The Morgan fingerprint density at radius 2 is 1.00 bits per heavy atom. The highest BCUT2D eigenvalue weighted by Gasteiger charge is 2.18. The van der Waals surface area contributed by atoms with Gasteiger partial charge in [0.05, 0.1) is 17.5 Å². The molecule has 209 valence electrons. The second kappa shape index (κ2) is 11.0. The van der Waals surface area contributed by atoms with Crippen LogP contribution in [0.25, 0.3) is 52.8 Å². The summed E-state index contributed by atoms with van der Waals surface area (Å²) in [6.07, 6.45) is 0. The van der Waals surface area contributed by atoms with E-state index in [-0.39, 0.29) is 0 Å². The Hall–Kier alpha value is -3.09. The van der Waals surface area contributed by atoms with Gasteiger partial charge in [-0.2, -0.15) is 8.75 Å². The highest BCUT2D eigenvalue weighted by molar-refractivity contribution is 7.19. The Labute approximate surface area is 255 Å². The van der Waals surface area contributed by atoms with E-state index in [0.29, 0.717) is 0 Å². The zero-order valence-corrected chi connectivity index (χ0v) is 28.5. The number of rotatable bonds is 8. The van der Waals surface area contributed by atoms with Crippen LogP contribution in [-0.4, -0.2) is 25.4 Å². The number of benzene rings is 3. The fourth-order valence-corrected chi connectivity index (χ4v) is 8.96.